The highest BCUT2D eigenvalue weighted by molar-refractivity contribution is 5.47. The van der Waals surface area contributed by atoms with Crippen LogP contribution in [0, 0.1) is 5.82 Å². The summed E-state index contributed by atoms with van der Waals surface area (Å²) in [5.74, 6) is -1.30. The Morgan fingerprint density at radius 1 is 1.15 bits per heavy atom. The molecule has 20 heavy (non-hydrogen) atoms. The lowest BCUT2D eigenvalue weighted by Crippen LogP contribution is -2.26. The van der Waals surface area contributed by atoms with Crippen LogP contribution < -0.4 is 5.32 Å². The Morgan fingerprint density at radius 3 is 2.25 bits per heavy atom. The summed E-state index contributed by atoms with van der Waals surface area (Å²) < 4.78 is 61.3. The molecule has 1 N–H and O–H groups in total. The number of hydrogen-bond donors (Lipinski definition) is 1. The van der Waals surface area contributed by atoms with Gasteiger partial charge in [0.2, 0.25) is 0 Å². The van der Waals surface area contributed by atoms with Gasteiger partial charge in [-0.05, 0) is 32.0 Å². The third kappa shape index (κ3) is 4.97. The summed E-state index contributed by atoms with van der Waals surface area (Å²) in [6.45, 7) is 4.58. The first-order valence-corrected chi connectivity index (χ1v) is 6.22. The van der Waals surface area contributed by atoms with E-state index in [4.69, 9.17) is 9.47 Å². The van der Waals surface area contributed by atoms with Gasteiger partial charge in [-0.15, -0.1) is 0 Å². The van der Waals surface area contributed by atoms with Crippen LogP contribution in [0.5, 0.6) is 0 Å². The standard InChI is InChI=1S/C13H17F4NO2/c1-3-19-12(20-4-2)8-18-9-5-6-11(14)10(7-9)13(15,16)17/h5-7,12,18H,3-4,8H2,1-2H3. The summed E-state index contributed by atoms with van der Waals surface area (Å²) in [5.41, 5.74) is -1.14. The Balaban J connectivity index is 2.73. The topological polar surface area (TPSA) is 30.5 Å². The number of alkyl halides is 3. The van der Waals surface area contributed by atoms with E-state index in [1.807, 2.05) is 0 Å². The predicted molar refractivity (Wildman–Crippen MR) is 66.9 cm³/mol. The van der Waals surface area contributed by atoms with E-state index in [2.05, 4.69) is 5.32 Å². The van der Waals surface area contributed by atoms with Crippen molar-refractivity contribution in [1.29, 1.82) is 0 Å². The van der Waals surface area contributed by atoms with Gasteiger partial charge in [0.1, 0.15) is 5.82 Å². The number of hydrogen-bond acceptors (Lipinski definition) is 3. The quantitative estimate of drug-likeness (QED) is 0.615. The average Bonchev–Trinajstić information content (AvgIpc) is 2.36. The molecule has 0 radical (unpaired) electrons. The lowest BCUT2D eigenvalue weighted by Gasteiger charge is -2.18. The van der Waals surface area contributed by atoms with Crippen LogP contribution in [0.15, 0.2) is 18.2 Å². The van der Waals surface area contributed by atoms with Crippen LogP contribution >= 0.6 is 0 Å². The van der Waals surface area contributed by atoms with Crippen molar-refractivity contribution in [3.63, 3.8) is 0 Å². The van der Waals surface area contributed by atoms with Gasteiger partial charge in [0.05, 0.1) is 12.1 Å². The highest BCUT2D eigenvalue weighted by Crippen LogP contribution is 2.32. The maximum Gasteiger partial charge on any atom is 0.419 e. The van der Waals surface area contributed by atoms with Crippen LogP contribution in [0.1, 0.15) is 19.4 Å². The number of nitrogens with one attached hydrogen (secondary N) is 1. The van der Waals surface area contributed by atoms with Gasteiger partial charge in [-0.1, -0.05) is 0 Å². The second kappa shape index (κ2) is 7.44. The van der Waals surface area contributed by atoms with Crippen LogP contribution in [-0.4, -0.2) is 26.0 Å². The van der Waals surface area contributed by atoms with E-state index >= 15 is 0 Å². The summed E-state index contributed by atoms with van der Waals surface area (Å²) in [4.78, 5) is 0. The van der Waals surface area contributed by atoms with Crippen molar-refractivity contribution in [3.8, 4) is 0 Å². The van der Waals surface area contributed by atoms with Gasteiger partial charge in [0, 0.05) is 18.9 Å². The lowest BCUT2D eigenvalue weighted by atomic mass is 10.2. The smallest absolute Gasteiger partial charge is 0.380 e. The van der Waals surface area contributed by atoms with Crippen molar-refractivity contribution in [1.82, 2.24) is 0 Å². The molecule has 0 aromatic heterocycles. The molecule has 0 unspecified atom stereocenters. The number of halogens is 4. The van der Waals surface area contributed by atoms with Crippen molar-refractivity contribution < 1.29 is 27.0 Å². The molecule has 3 nitrogen and oxygen atoms in total. The molecule has 1 aromatic carbocycles. The van der Waals surface area contributed by atoms with Crippen molar-refractivity contribution in [3.05, 3.63) is 29.6 Å². The van der Waals surface area contributed by atoms with Crippen molar-refractivity contribution >= 4 is 5.69 Å². The minimum absolute atomic E-state index is 0.156. The van der Waals surface area contributed by atoms with Crippen molar-refractivity contribution in [2.24, 2.45) is 0 Å². The fourth-order valence-electron chi connectivity index (χ4n) is 1.59. The Bertz CT molecular complexity index is 417. The molecule has 0 heterocycles. The first-order valence-electron chi connectivity index (χ1n) is 6.22. The van der Waals surface area contributed by atoms with E-state index in [-0.39, 0.29) is 12.2 Å². The molecule has 1 rings (SSSR count). The summed E-state index contributed by atoms with van der Waals surface area (Å²) >= 11 is 0. The molecule has 0 saturated carbocycles. The Labute approximate surface area is 114 Å². The number of benzene rings is 1. The monoisotopic (exact) mass is 295 g/mol. The summed E-state index contributed by atoms with van der Waals surface area (Å²) in [6.07, 6.45) is -5.29. The summed E-state index contributed by atoms with van der Waals surface area (Å²) in [7, 11) is 0. The van der Waals surface area contributed by atoms with Crippen LogP contribution in [0.4, 0.5) is 23.2 Å². The molecule has 0 fully saturated rings. The van der Waals surface area contributed by atoms with Gasteiger partial charge in [-0.25, -0.2) is 4.39 Å². The molecule has 0 atom stereocenters. The molecular weight excluding hydrogens is 278 g/mol. The van der Waals surface area contributed by atoms with Gasteiger partial charge in [-0.2, -0.15) is 13.2 Å². The molecule has 1 aromatic rings. The SMILES string of the molecule is CCOC(CNc1ccc(F)c(C(F)(F)F)c1)OCC. The zero-order chi connectivity index (χ0) is 15.2. The highest BCUT2D eigenvalue weighted by Gasteiger charge is 2.34. The second-order valence-electron chi connectivity index (χ2n) is 3.91. The molecule has 114 valence electrons. The van der Waals surface area contributed by atoms with E-state index < -0.39 is 23.8 Å². The van der Waals surface area contributed by atoms with Crippen LogP contribution in [0.3, 0.4) is 0 Å². The third-order valence-corrected chi connectivity index (χ3v) is 2.45. The van der Waals surface area contributed by atoms with Gasteiger partial charge < -0.3 is 14.8 Å². The average molecular weight is 295 g/mol. The molecular formula is C13H17F4NO2. The molecule has 0 saturated heterocycles. The van der Waals surface area contributed by atoms with Crippen LogP contribution in [0.25, 0.3) is 0 Å². The van der Waals surface area contributed by atoms with E-state index in [1.165, 1.54) is 6.07 Å². The van der Waals surface area contributed by atoms with E-state index in [0.29, 0.717) is 13.2 Å². The first kappa shape index (κ1) is 16.7. The summed E-state index contributed by atoms with van der Waals surface area (Å²) in [6, 6.07) is 2.74. The van der Waals surface area contributed by atoms with Gasteiger partial charge >= 0.3 is 6.18 Å². The molecule has 0 aliphatic heterocycles. The molecule has 0 bridgehead atoms. The zero-order valence-corrected chi connectivity index (χ0v) is 11.3. The normalized spacial score (nSPS) is 11.9. The summed E-state index contributed by atoms with van der Waals surface area (Å²) in [5, 5.41) is 2.74. The zero-order valence-electron chi connectivity index (χ0n) is 11.3. The number of rotatable bonds is 7. The fourth-order valence-corrected chi connectivity index (χ4v) is 1.59. The van der Waals surface area contributed by atoms with E-state index in [9.17, 15) is 17.6 Å². The molecule has 0 spiro atoms. The van der Waals surface area contributed by atoms with Crippen LogP contribution in [0.2, 0.25) is 0 Å². The maximum atomic E-state index is 13.1. The Hall–Kier alpha value is -1.34. The largest absolute Gasteiger partial charge is 0.419 e. The van der Waals surface area contributed by atoms with E-state index in [0.717, 1.165) is 12.1 Å². The molecule has 0 amide bonds. The number of ether oxygens (including phenoxy) is 2. The fraction of sp³-hybridized carbons (Fsp3) is 0.538. The van der Waals surface area contributed by atoms with Gasteiger partial charge in [0.15, 0.2) is 6.29 Å². The molecule has 7 heteroatoms. The first-order chi connectivity index (χ1) is 9.38. The molecule has 0 aliphatic rings. The second-order valence-corrected chi connectivity index (χ2v) is 3.91. The van der Waals surface area contributed by atoms with Gasteiger partial charge in [-0.3, -0.25) is 0 Å². The molecule has 0 aliphatic carbocycles. The number of anilines is 1. The van der Waals surface area contributed by atoms with Crippen molar-refractivity contribution in [2.75, 3.05) is 25.1 Å². The van der Waals surface area contributed by atoms with Gasteiger partial charge in [0.25, 0.3) is 0 Å². The highest BCUT2D eigenvalue weighted by atomic mass is 19.4. The Morgan fingerprint density at radius 2 is 1.75 bits per heavy atom. The predicted octanol–water partition coefficient (Wildman–Crippen LogP) is 3.66. The van der Waals surface area contributed by atoms with Crippen LogP contribution in [-0.2, 0) is 15.7 Å². The third-order valence-electron chi connectivity index (χ3n) is 2.45. The minimum atomic E-state index is -4.72. The Kier molecular flexibility index (Phi) is 6.22. The lowest BCUT2D eigenvalue weighted by molar-refractivity contribution is -0.139. The maximum absolute atomic E-state index is 13.1. The van der Waals surface area contributed by atoms with Crippen molar-refractivity contribution in [2.45, 2.75) is 26.3 Å². The van der Waals surface area contributed by atoms with E-state index in [1.54, 1.807) is 13.8 Å². The minimum Gasteiger partial charge on any atom is -0.380 e.